The molecule has 1 aliphatic rings. The maximum absolute atomic E-state index is 12.5. The summed E-state index contributed by atoms with van der Waals surface area (Å²) in [5.41, 5.74) is 1.81. The van der Waals surface area contributed by atoms with Gasteiger partial charge in [0.2, 0.25) is 5.91 Å². The van der Waals surface area contributed by atoms with Gasteiger partial charge >= 0.3 is 0 Å². The maximum atomic E-state index is 12.5. The van der Waals surface area contributed by atoms with Gasteiger partial charge in [-0.15, -0.1) is 5.10 Å². The second-order valence-electron chi connectivity index (χ2n) is 6.86. The fourth-order valence-corrected chi connectivity index (χ4v) is 3.31. The van der Waals surface area contributed by atoms with Crippen LogP contribution in [0.5, 0.6) is 0 Å². The summed E-state index contributed by atoms with van der Waals surface area (Å²) in [7, 11) is 0. The van der Waals surface area contributed by atoms with E-state index in [-0.39, 0.29) is 12.0 Å². The van der Waals surface area contributed by atoms with Gasteiger partial charge in [0, 0.05) is 25.0 Å². The molecular formula is C18H27N5O. The summed E-state index contributed by atoms with van der Waals surface area (Å²) in [5, 5.41) is 8.00. The number of nitrogens with one attached hydrogen (secondary N) is 1. The van der Waals surface area contributed by atoms with Crippen molar-refractivity contribution in [3.63, 3.8) is 0 Å². The van der Waals surface area contributed by atoms with E-state index in [1.54, 1.807) is 4.52 Å². The van der Waals surface area contributed by atoms with Crippen molar-refractivity contribution in [2.24, 2.45) is 5.92 Å². The third-order valence-electron chi connectivity index (χ3n) is 4.70. The van der Waals surface area contributed by atoms with E-state index in [9.17, 15) is 4.79 Å². The molecule has 1 amide bonds. The van der Waals surface area contributed by atoms with Crippen LogP contribution < -0.4 is 5.32 Å². The Kier molecular flexibility index (Phi) is 5.02. The van der Waals surface area contributed by atoms with Crippen molar-refractivity contribution in [1.82, 2.24) is 19.5 Å². The van der Waals surface area contributed by atoms with Crippen molar-refractivity contribution in [3.05, 3.63) is 24.0 Å². The topological polar surface area (TPSA) is 62.5 Å². The first-order valence-corrected chi connectivity index (χ1v) is 8.95. The lowest BCUT2D eigenvalue weighted by Crippen LogP contribution is -2.35. The van der Waals surface area contributed by atoms with Crippen molar-refractivity contribution in [2.45, 2.75) is 52.5 Å². The summed E-state index contributed by atoms with van der Waals surface area (Å²) in [5.74, 6) is 1.26. The highest BCUT2D eigenvalue weighted by molar-refractivity contribution is 5.78. The molecule has 0 aliphatic carbocycles. The summed E-state index contributed by atoms with van der Waals surface area (Å²) in [6.45, 7) is 7.77. The van der Waals surface area contributed by atoms with Gasteiger partial charge < -0.3 is 10.2 Å². The number of anilines is 1. The van der Waals surface area contributed by atoms with Crippen molar-refractivity contribution in [2.75, 3.05) is 18.4 Å². The van der Waals surface area contributed by atoms with Gasteiger partial charge in [-0.05, 0) is 31.9 Å². The molecule has 2 atom stereocenters. The molecule has 0 unspecified atom stereocenters. The Morgan fingerprint density at radius 1 is 1.46 bits per heavy atom. The zero-order valence-electron chi connectivity index (χ0n) is 14.8. The molecule has 2 aromatic rings. The van der Waals surface area contributed by atoms with Gasteiger partial charge in [-0.2, -0.15) is 0 Å². The first-order valence-electron chi connectivity index (χ1n) is 8.95. The zero-order valence-corrected chi connectivity index (χ0v) is 14.8. The van der Waals surface area contributed by atoms with E-state index >= 15 is 0 Å². The summed E-state index contributed by atoms with van der Waals surface area (Å²) in [6.07, 6.45) is 6.14. The van der Waals surface area contributed by atoms with Gasteiger partial charge in [0.15, 0.2) is 5.65 Å². The smallest absolute Gasteiger partial charge is 0.225 e. The second kappa shape index (κ2) is 7.20. The predicted molar refractivity (Wildman–Crippen MR) is 95.0 cm³/mol. The van der Waals surface area contributed by atoms with Crippen LogP contribution >= 0.6 is 0 Å². The van der Waals surface area contributed by atoms with E-state index < -0.39 is 0 Å². The average molecular weight is 329 g/mol. The highest BCUT2D eigenvalue weighted by Crippen LogP contribution is 2.19. The number of likely N-dealkylation sites (tertiary alicyclic amines) is 1. The number of hydrogen-bond donors (Lipinski definition) is 1. The quantitative estimate of drug-likeness (QED) is 0.885. The molecular weight excluding hydrogens is 302 g/mol. The minimum Gasteiger partial charge on any atom is -0.364 e. The van der Waals surface area contributed by atoms with Crippen molar-refractivity contribution < 1.29 is 4.79 Å². The Morgan fingerprint density at radius 2 is 2.29 bits per heavy atom. The maximum Gasteiger partial charge on any atom is 0.225 e. The number of carbonyl (C=O) groups excluding carboxylic acids is 1. The summed E-state index contributed by atoms with van der Waals surface area (Å²) in [4.78, 5) is 18.9. The molecule has 1 aliphatic heterocycles. The van der Waals surface area contributed by atoms with Gasteiger partial charge in [0.05, 0.1) is 11.9 Å². The molecule has 6 nitrogen and oxygen atoms in total. The van der Waals surface area contributed by atoms with E-state index in [2.05, 4.69) is 29.2 Å². The van der Waals surface area contributed by atoms with Crippen LogP contribution in [0.3, 0.4) is 0 Å². The van der Waals surface area contributed by atoms with Crippen LogP contribution in [0.25, 0.3) is 5.65 Å². The van der Waals surface area contributed by atoms with Crippen LogP contribution in [0.1, 0.15) is 45.2 Å². The molecule has 24 heavy (non-hydrogen) atoms. The third-order valence-corrected chi connectivity index (χ3v) is 4.70. The molecule has 3 heterocycles. The molecule has 1 fully saturated rings. The lowest BCUT2D eigenvalue weighted by atomic mass is 10.0. The minimum atomic E-state index is 0.132. The normalized spacial score (nSPS) is 19.0. The number of unbranched alkanes of at least 4 members (excludes halogenated alkanes) is 1. The van der Waals surface area contributed by atoms with E-state index in [4.69, 9.17) is 0 Å². The number of aromatic nitrogens is 3. The fraction of sp³-hybridized carbons (Fsp3) is 0.611. The molecule has 0 bridgehead atoms. The third kappa shape index (κ3) is 3.68. The molecule has 1 N–H and O–H groups in total. The van der Waals surface area contributed by atoms with Crippen molar-refractivity contribution in [1.29, 1.82) is 0 Å². The average Bonchev–Trinajstić information content (AvgIpc) is 3.17. The summed E-state index contributed by atoms with van der Waals surface area (Å²) < 4.78 is 1.79. The highest BCUT2D eigenvalue weighted by Gasteiger charge is 2.28. The van der Waals surface area contributed by atoms with Crippen LogP contribution in [0.4, 0.5) is 5.82 Å². The minimum absolute atomic E-state index is 0.132. The molecule has 0 radical (unpaired) electrons. The molecule has 3 rings (SSSR count). The van der Waals surface area contributed by atoms with Gasteiger partial charge in [-0.1, -0.05) is 26.7 Å². The molecule has 1 saturated heterocycles. The van der Waals surface area contributed by atoms with Crippen molar-refractivity contribution >= 4 is 17.4 Å². The SMILES string of the molecule is CCCC[C@H](C)C(=O)N1CC[C@@H](Nc2ccc3nc(C)cn3n2)C1. The molecule has 2 aromatic heterocycles. The Hall–Kier alpha value is -2.11. The van der Waals surface area contributed by atoms with Crippen molar-refractivity contribution in [3.8, 4) is 0 Å². The lowest BCUT2D eigenvalue weighted by Gasteiger charge is -2.21. The first-order chi connectivity index (χ1) is 11.6. The molecule has 0 spiro atoms. The number of carbonyl (C=O) groups is 1. The number of fused-ring (bicyclic) bond motifs is 1. The number of amides is 1. The Bertz CT molecular complexity index is 710. The molecule has 0 saturated carbocycles. The molecule has 0 aromatic carbocycles. The van der Waals surface area contributed by atoms with Gasteiger partial charge in [0.1, 0.15) is 5.82 Å². The molecule has 6 heteroatoms. The van der Waals surface area contributed by atoms with Gasteiger partial charge in [-0.3, -0.25) is 4.79 Å². The van der Waals surface area contributed by atoms with E-state index in [0.717, 1.165) is 55.9 Å². The van der Waals surface area contributed by atoms with Crippen LogP contribution in [-0.2, 0) is 4.79 Å². The van der Waals surface area contributed by atoms with E-state index in [0.29, 0.717) is 5.91 Å². The number of rotatable bonds is 6. The van der Waals surface area contributed by atoms with E-state index in [1.165, 1.54) is 0 Å². The summed E-state index contributed by atoms with van der Waals surface area (Å²) in [6, 6.07) is 4.19. The van der Waals surface area contributed by atoms with Crippen LogP contribution in [0.15, 0.2) is 18.3 Å². The van der Waals surface area contributed by atoms with Crippen LogP contribution in [0, 0.1) is 12.8 Å². The van der Waals surface area contributed by atoms with Gasteiger partial charge in [-0.25, -0.2) is 9.50 Å². The summed E-state index contributed by atoms with van der Waals surface area (Å²) >= 11 is 0. The van der Waals surface area contributed by atoms with Crippen LogP contribution in [0.2, 0.25) is 0 Å². The van der Waals surface area contributed by atoms with Crippen LogP contribution in [-0.4, -0.2) is 44.5 Å². The lowest BCUT2D eigenvalue weighted by molar-refractivity contribution is -0.134. The molecule has 130 valence electrons. The number of hydrogen-bond acceptors (Lipinski definition) is 4. The number of nitrogens with zero attached hydrogens (tertiary/aromatic N) is 4. The standard InChI is InChI=1S/C18H27N5O/c1-4-5-6-13(2)18(24)22-10-9-15(12-22)20-16-7-8-17-19-14(3)11-23(17)21-16/h7-8,11,13,15H,4-6,9-10,12H2,1-3H3,(H,20,21)/t13-,15+/m0/s1. The monoisotopic (exact) mass is 329 g/mol. The number of imidazole rings is 1. The first kappa shape index (κ1) is 16.7. The second-order valence-corrected chi connectivity index (χ2v) is 6.86. The fourth-order valence-electron chi connectivity index (χ4n) is 3.31. The Balaban J connectivity index is 1.57. The Morgan fingerprint density at radius 3 is 3.08 bits per heavy atom. The largest absolute Gasteiger partial charge is 0.364 e. The Labute approximate surface area is 143 Å². The number of aryl methyl sites for hydroxylation is 1. The highest BCUT2D eigenvalue weighted by atomic mass is 16.2. The van der Waals surface area contributed by atoms with Gasteiger partial charge in [0.25, 0.3) is 0 Å². The zero-order chi connectivity index (χ0) is 17.1. The predicted octanol–water partition coefficient (Wildman–Crippen LogP) is 2.88. The van der Waals surface area contributed by atoms with E-state index in [1.807, 2.05) is 30.2 Å².